The molecule has 0 saturated carbocycles. The van der Waals surface area contributed by atoms with Gasteiger partial charge in [-0.15, -0.1) is 0 Å². The molecule has 0 unspecified atom stereocenters. The molecule has 1 heterocycles. The Bertz CT molecular complexity index is 922. The summed E-state index contributed by atoms with van der Waals surface area (Å²) >= 11 is 0. The van der Waals surface area contributed by atoms with Crippen molar-refractivity contribution in [2.24, 2.45) is 0 Å². The molecule has 1 nitrogen and oxygen atoms in total. The quantitative estimate of drug-likeness (QED) is 0.402. The lowest BCUT2D eigenvalue weighted by atomic mass is 9.96. The van der Waals surface area contributed by atoms with Gasteiger partial charge in [-0.05, 0) is 35.4 Å². The molecular formula is C18H13N. The fourth-order valence-electron chi connectivity index (χ4n) is 2.92. The minimum Gasteiger partial charge on any atom is -0.256 e. The van der Waals surface area contributed by atoms with Gasteiger partial charge in [-0.25, -0.2) is 0 Å². The molecule has 0 aliphatic carbocycles. The Labute approximate surface area is 111 Å². The third-order valence-corrected chi connectivity index (χ3v) is 3.80. The molecule has 0 atom stereocenters. The Hall–Kier alpha value is -2.41. The van der Waals surface area contributed by atoms with E-state index in [4.69, 9.17) is 0 Å². The molecule has 0 amide bonds. The number of nitrogens with zero attached hydrogens (tertiary/aromatic N) is 1. The first kappa shape index (κ1) is 10.5. The predicted octanol–water partition coefficient (Wildman–Crippen LogP) is 4.85. The lowest BCUT2D eigenvalue weighted by molar-refractivity contribution is 1.44. The highest BCUT2D eigenvalue weighted by atomic mass is 14.6. The third kappa shape index (κ3) is 1.45. The van der Waals surface area contributed by atoms with Gasteiger partial charge in [0.1, 0.15) is 0 Å². The fourth-order valence-corrected chi connectivity index (χ4v) is 2.92. The van der Waals surface area contributed by atoms with E-state index in [1.807, 2.05) is 12.3 Å². The third-order valence-electron chi connectivity index (χ3n) is 3.80. The van der Waals surface area contributed by atoms with E-state index < -0.39 is 0 Å². The van der Waals surface area contributed by atoms with Crippen LogP contribution in [0.4, 0.5) is 0 Å². The molecule has 0 spiro atoms. The summed E-state index contributed by atoms with van der Waals surface area (Å²) in [4.78, 5) is 4.56. The van der Waals surface area contributed by atoms with Gasteiger partial charge in [-0.3, -0.25) is 4.98 Å². The highest BCUT2D eigenvalue weighted by Crippen LogP contribution is 2.32. The van der Waals surface area contributed by atoms with Gasteiger partial charge < -0.3 is 0 Å². The van der Waals surface area contributed by atoms with Gasteiger partial charge >= 0.3 is 0 Å². The first-order chi connectivity index (χ1) is 9.34. The standard InChI is InChI=1S/C18H13N/c1-12-10-13-11-19-17-9-5-4-8-16(17)18(13)15-7-3-2-6-14(12)15/h2-11H,1H3. The van der Waals surface area contributed by atoms with Crippen molar-refractivity contribution < 1.29 is 0 Å². The van der Waals surface area contributed by atoms with E-state index in [0.29, 0.717) is 0 Å². The highest BCUT2D eigenvalue weighted by molar-refractivity contribution is 6.19. The molecule has 4 rings (SSSR count). The van der Waals surface area contributed by atoms with Crippen LogP contribution in [0, 0.1) is 6.92 Å². The van der Waals surface area contributed by atoms with E-state index in [2.05, 4.69) is 60.4 Å². The minimum absolute atomic E-state index is 1.06. The number of hydrogen-bond donors (Lipinski definition) is 0. The number of aromatic nitrogens is 1. The normalized spacial score (nSPS) is 11.4. The molecule has 3 aromatic carbocycles. The highest BCUT2D eigenvalue weighted by Gasteiger charge is 2.07. The van der Waals surface area contributed by atoms with Crippen LogP contribution in [0.25, 0.3) is 32.4 Å². The molecular weight excluding hydrogens is 230 g/mol. The van der Waals surface area contributed by atoms with Crippen LogP contribution in [0.15, 0.2) is 60.8 Å². The van der Waals surface area contributed by atoms with Crippen molar-refractivity contribution in [1.29, 1.82) is 0 Å². The zero-order chi connectivity index (χ0) is 12.8. The first-order valence-corrected chi connectivity index (χ1v) is 6.50. The Morgan fingerprint density at radius 1 is 0.789 bits per heavy atom. The fraction of sp³-hybridized carbons (Fsp3) is 0.0556. The van der Waals surface area contributed by atoms with Gasteiger partial charge in [0, 0.05) is 22.4 Å². The van der Waals surface area contributed by atoms with E-state index in [-0.39, 0.29) is 0 Å². The Balaban J connectivity index is 2.39. The molecule has 1 aromatic heterocycles. The zero-order valence-electron chi connectivity index (χ0n) is 10.7. The molecule has 90 valence electrons. The maximum absolute atomic E-state index is 4.56. The number of hydrogen-bond acceptors (Lipinski definition) is 1. The average Bonchev–Trinajstić information content (AvgIpc) is 2.47. The minimum atomic E-state index is 1.06. The SMILES string of the molecule is Cc1cc2cnc3ccccc3c2c2ccccc12. The Morgan fingerprint density at radius 3 is 2.32 bits per heavy atom. The molecule has 0 fully saturated rings. The monoisotopic (exact) mass is 243 g/mol. The molecule has 19 heavy (non-hydrogen) atoms. The second-order valence-corrected chi connectivity index (χ2v) is 4.98. The second kappa shape index (κ2) is 3.79. The van der Waals surface area contributed by atoms with E-state index in [0.717, 1.165) is 5.52 Å². The largest absolute Gasteiger partial charge is 0.256 e. The van der Waals surface area contributed by atoms with Crippen LogP contribution in [0.2, 0.25) is 0 Å². The molecule has 1 heteroatoms. The zero-order valence-corrected chi connectivity index (χ0v) is 10.7. The summed E-state index contributed by atoms with van der Waals surface area (Å²) in [6.45, 7) is 2.16. The maximum atomic E-state index is 4.56. The van der Waals surface area contributed by atoms with Gasteiger partial charge in [-0.2, -0.15) is 0 Å². The summed E-state index contributed by atoms with van der Waals surface area (Å²) in [6, 6.07) is 19.2. The predicted molar refractivity (Wildman–Crippen MR) is 81.5 cm³/mol. The maximum Gasteiger partial charge on any atom is 0.0708 e. The number of rotatable bonds is 0. The molecule has 0 aliphatic rings. The molecule has 4 aromatic rings. The summed E-state index contributed by atoms with van der Waals surface area (Å²) in [5.74, 6) is 0. The number of pyridine rings is 1. The number of para-hydroxylation sites is 1. The van der Waals surface area contributed by atoms with Crippen molar-refractivity contribution in [1.82, 2.24) is 4.98 Å². The average molecular weight is 243 g/mol. The topological polar surface area (TPSA) is 12.9 Å². The number of fused-ring (bicyclic) bond motifs is 5. The van der Waals surface area contributed by atoms with E-state index >= 15 is 0 Å². The van der Waals surface area contributed by atoms with Gasteiger partial charge in [0.25, 0.3) is 0 Å². The van der Waals surface area contributed by atoms with Crippen LogP contribution in [0.5, 0.6) is 0 Å². The van der Waals surface area contributed by atoms with Crippen LogP contribution in [0.3, 0.4) is 0 Å². The lowest BCUT2D eigenvalue weighted by Crippen LogP contribution is -1.86. The van der Waals surface area contributed by atoms with Crippen molar-refractivity contribution in [2.45, 2.75) is 6.92 Å². The van der Waals surface area contributed by atoms with E-state index in [1.165, 1.54) is 32.5 Å². The number of aryl methyl sites for hydroxylation is 1. The molecule has 0 bridgehead atoms. The lowest BCUT2D eigenvalue weighted by Gasteiger charge is -2.09. The van der Waals surface area contributed by atoms with Gasteiger partial charge in [0.15, 0.2) is 0 Å². The number of benzene rings is 3. The summed E-state index contributed by atoms with van der Waals surface area (Å²) in [6.07, 6.45) is 1.98. The van der Waals surface area contributed by atoms with Crippen LogP contribution in [-0.2, 0) is 0 Å². The first-order valence-electron chi connectivity index (χ1n) is 6.50. The summed E-state index contributed by atoms with van der Waals surface area (Å²) in [5.41, 5.74) is 2.36. The Morgan fingerprint density at radius 2 is 1.47 bits per heavy atom. The van der Waals surface area contributed by atoms with Crippen molar-refractivity contribution in [3.8, 4) is 0 Å². The second-order valence-electron chi connectivity index (χ2n) is 4.98. The summed E-state index contributed by atoms with van der Waals surface area (Å²) < 4.78 is 0. The van der Waals surface area contributed by atoms with Crippen LogP contribution in [-0.4, -0.2) is 4.98 Å². The van der Waals surface area contributed by atoms with Crippen LogP contribution >= 0.6 is 0 Å². The van der Waals surface area contributed by atoms with Gasteiger partial charge in [0.05, 0.1) is 5.52 Å². The Kier molecular flexibility index (Phi) is 2.10. The smallest absolute Gasteiger partial charge is 0.0708 e. The molecule has 0 radical (unpaired) electrons. The molecule has 0 aliphatic heterocycles. The van der Waals surface area contributed by atoms with Crippen molar-refractivity contribution in [3.63, 3.8) is 0 Å². The van der Waals surface area contributed by atoms with E-state index in [9.17, 15) is 0 Å². The van der Waals surface area contributed by atoms with Crippen LogP contribution in [0.1, 0.15) is 5.56 Å². The summed E-state index contributed by atoms with van der Waals surface area (Å²) in [5, 5.41) is 6.40. The van der Waals surface area contributed by atoms with Gasteiger partial charge in [0.2, 0.25) is 0 Å². The molecule has 0 N–H and O–H groups in total. The van der Waals surface area contributed by atoms with Crippen LogP contribution < -0.4 is 0 Å². The van der Waals surface area contributed by atoms with Crippen molar-refractivity contribution >= 4 is 32.4 Å². The van der Waals surface area contributed by atoms with Crippen molar-refractivity contribution in [2.75, 3.05) is 0 Å². The van der Waals surface area contributed by atoms with Gasteiger partial charge in [-0.1, -0.05) is 42.5 Å². The van der Waals surface area contributed by atoms with E-state index in [1.54, 1.807) is 0 Å². The van der Waals surface area contributed by atoms with Crippen molar-refractivity contribution in [3.05, 3.63) is 66.4 Å². The molecule has 0 saturated heterocycles. The summed E-state index contributed by atoms with van der Waals surface area (Å²) in [7, 11) is 0.